The fraction of sp³-hybridized carbons (Fsp3) is 0.222. The molecule has 0 amide bonds. The Morgan fingerprint density at radius 2 is 2.08 bits per heavy atom. The highest BCUT2D eigenvalue weighted by Gasteiger charge is 2.02. The summed E-state index contributed by atoms with van der Waals surface area (Å²) in [5.74, 6) is 0. The second-order valence-electron chi connectivity index (χ2n) is 2.20. The molecule has 1 aromatic carbocycles. The summed E-state index contributed by atoms with van der Waals surface area (Å²) >= 11 is 1.48. The third-order valence-electron chi connectivity index (χ3n) is 1.26. The van der Waals surface area contributed by atoms with Gasteiger partial charge in [-0.15, -0.1) is 0 Å². The van der Waals surface area contributed by atoms with E-state index in [9.17, 15) is 4.79 Å². The van der Waals surface area contributed by atoms with E-state index in [4.69, 9.17) is 0 Å². The molecule has 0 aliphatic rings. The fourth-order valence-corrected chi connectivity index (χ4v) is 1.57. The van der Waals surface area contributed by atoms with Crippen molar-refractivity contribution in [1.29, 1.82) is 0 Å². The highest BCUT2D eigenvalue weighted by atomic mass is 32.2. The van der Waals surface area contributed by atoms with Crippen LogP contribution in [-0.4, -0.2) is 11.9 Å². The van der Waals surface area contributed by atoms with Gasteiger partial charge in [0, 0.05) is 4.90 Å². The number of thioether (sulfide) groups is 1. The van der Waals surface area contributed by atoms with E-state index in [1.165, 1.54) is 18.2 Å². The molecule has 0 N–H and O–H groups in total. The molecule has 1 atom stereocenters. The molecule has 0 saturated carbocycles. The fourth-order valence-electron chi connectivity index (χ4n) is 0.783. The van der Waals surface area contributed by atoms with Crippen LogP contribution in [-0.2, 0) is 9.53 Å². The average molecular weight is 181 g/mol. The Kier molecular flexibility index (Phi) is 3.67. The van der Waals surface area contributed by atoms with Gasteiger partial charge >= 0.3 is 6.47 Å². The van der Waals surface area contributed by atoms with Gasteiger partial charge in [0.1, 0.15) is 5.44 Å². The number of carbonyl (C=O) groups excluding carboxylic acids is 1. The summed E-state index contributed by atoms with van der Waals surface area (Å²) < 4.78 is 4.60. The molecule has 0 aromatic heterocycles. The van der Waals surface area contributed by atoms with E-state index in [1.54, 1.807) is 0 Å². The normalized spacial score (nSPS) is 12.1. The molecule has 0 saturated heterocycles. The van der Waals surface area contributed by atoms with E-state index in [2.05, 4.69) is 4.74 Å². The van der Waals surface area contributed by atoms with Crippen LogP contribution in [0.25, 0.3) is 0 Å². The lowest BCUT2D eigenvalue weighted by Gasteiger charge is -2.06. The van der Waals surface area contributed by atoms with E-state index in [1.807, 2.05) is 37.3 Å². The van der Waals surface area contributed by atoms with Gasteiger partial charge in [0.2, 0.25) is 0 Å². The van der Waals surface area contributed by atoms with Crippen LogP contribution in [0.5, 0.6) is 0 Å². The molecule has 1 unspecified atom stereocenters. The molecule has 12 heavy (non-hydrogen) atoms. The Hall–Kier alpha value is -0.960. The van der Waals surface area contributed by atoms with Crippen molar-refractivity contribution in [2.75, 3.05) is 0 Å². The van der Waals surface area contributed by atoms with Crippen molar-refractivity contribution >= 4 is 18.2 Å². The van der Waals surface area contributed by atoms with Crippen molar-refractivity contribution in [2.45, 2.75) is 17.3 Å². The minimum Gasteiger partial charge on any atom is -0.443 e. The van der Waals surface area contributed by atoms with Gasteiger partial charge in [-0.2, -0.15) is 0 Å². The molecule has 63 valence electrons. The van der Waals surface area contributed by atoms with Crippen LogP contribution >= 0.6 is 11.8 Å². The van der Waals surface area contributed by atoms with Crippen LogP contribution in [0.1, 0.15) is 6.92 Å². The first-order chi connectivity index (χ1) is 5.83. The maximum atomic E-state index is 9.84. The van der Waals surface area contributed by atoms with Crippen molar-refractivity contribution in [3.8, 4) is 0 Å². The van der Waals surface area contributed by atoms with Crippen LogP contribution < -0.4 is 0 Å². The molecule has 2 nitrogen and oxygen atoms in total. The van der Waals surface area contributed by atoms with Crippen LogP contribution in [0, 0.1) is 0 Å². The molecule has 1 aromatic rings. The molecule has 1 rings (SSSR count). The van der Waals surface area contributed by atoms with Crippen LogP contribution in [0.3, 0.4) is 0 Å². The monoisotopic (exact) mass is 181 g/mol. The van der Waals surface area contributed by atoms with Crippen molar-refractivity contribution in [1.82, 2.24) is 0 Å². The number of benzene rings is 1. The Labute approximate surface area is 75.9 Å². The van der Waals surface area contributed by atoms with Gasteiger partial charge < -0.3 is 4.74 Å². The topological polar surface area (TPSA) is 26.3 Å². The van der Waals surface area contributed by atoms with Crippen LogP contribution in [0.4, 0.5) is 0 Å². The predicted octanol–water partition coefficient (Wildman–Crippen LogP) is 2.21. The first-order valence-electron chi connectivity index (χ1n) is 3.57. The standard InChI is InChI=1S/C9H9O2S/c1-8(11-7-10)12-9-5-3-2-4-6-9/h2-6,8H,1H3. The summed E-state index contributed by atoms with van der Waals surface area (Å²) in [7, 11) is 0. The van der Waals surface area contributed by atoms with Crippen molar-refractivity contribution in [2.24, 2.45) is 0 Å². The molecular weight excluding hydrogens is 172 g/mol. The third kappa shape index (κ3) is 2.96. The predicted molar refractivity (Wildman–Crippen MR) is 48.5 cm³/mol. The first-order valence-corrected chi connectivity index (χ1v) is 4.45. The van der Waals surface area contributed by atoms with Crippen molar-refractivity contribution in [3.05, 3.63) is 30.3 Å². The lowest BCUT2D eigenvalue weighted by Crippen LogP contribution is -2.00. The molecule has 0 fully saturated rings. The van der Waals surface area contributed by atoms with E-state index in [0.29, 0.717) is 0 Å². The molecule has 0 aliphatic heterocycles. The average Bonchev–Trinajstić information content (AvgIpc) is 2.06. The summed E-state index contributed by atoms with van der Waals surface area (Å²) in [5, 5.41) is 0. The molecule has 0 spiro atoms. The highest BCUT2D eigenvalue weighted by Crippen LogP contribution is 2.22. The molecule has 3 heteroatoms. The van der Waals surface area contributed by atoms with Gasteiger partial charge in [-0.25, -0.2) is 4.79 Å². The molecular formula is C9H9O2S. The summed E-state index contributed by atoms with van der Waals surface area (Å²) in [5.41, 5.74) is -0.176. The summed E-state index contributed by atoms with van der Waals surface area (Å²) in [6, 6.07) is 9.77. The van der Waals surface area contributed by atoms with E-state index in [-0.39, 0.29) is 5.44 Å². The Balaban J connectivity index is 2.46. The second-order valence-corrected chi connectivity index (χ2v) is 3.57. The first kappa shape index (κ1) is 9.13. The zero-order valence-corrected chi connectivity index (χ0v) is 7.51. The smallest absolute Gasteiger partial charge is 0.418 e. The Morgan fingerprint density at radius 1 is 1.42 bits per heavy atom. The maximum Gasteiger partial charge on any atom is 0.418 e. The largest absolute Gasteiger partial charge is 0.443 e. The third-order valence-corrected chi connectivity index (χ3v) is 2.23. The molecule has 0 aliphatic carbocycles. The highest BCUT2D eigenvalue weighted by molar-refractivity contribution is 7.99. The maximum absolute atomic E-state index is 9.84. The summed E-state index contributed by atoms with van der Waals surface area (Å²) in [4.78, 5) is 10.9. The number of hydrogen-bond acceptors (Lipinski definition) is 3. The lowest BCUT2D eigenvalue weighted by molar-refractivity contribution is 0.269. The van der Waals surface area contributed by atoms with Gasteiger partial charge in [-0.1, -0.05) is 30.0 Å². The zero-order valence-electron chi connectivity index (χ0n) is 6.69. The Morgan fingerprint density at radius 3 is 2.67 bits per heavy atom. The van der Waals surface area contributed by atoms with E-state index in [0.717, 1.165) is 4.90 Å². The van der Waals surface area contributed by atoms with Gasteiger partial charge in [0.25, 0.3) is 0 Å². The lowest BCUT2D eigenvalue weighted by atomic mass is 10.4. The molecule has 0 bridgehead atoms. The minimum atomic E-state index is -0.176. The SMILES string of the molecule is CC(O[C]=O)Sc1ccccc1. The van der Waals surface area contributed by atoms with Crippen LogP contribution in [0.2, 0.25) is 0 Å². The quantitative estimate of drug-likeness (QED) is 0.526. The van der Waals surface area contributed by atoms with Crippen molar-refractivity contribution in [3.63, 3.8) is 0 Å². The second kappa shape index (κ2) is 4.83. The van der Waals surface area contributed by atoms with E-state index >= 15 is 0 Å². The zero-order chi connectivity index (χ0) is 8.81. The van der Waals surface area contributed by atoms with Gasteiger partial charge in [-0.3, -0.25) is 0 Å². The Bertz CT molecular complexity index is 236. The minimum absolute atomic E-state index is 0.176. The van der Waals surface area contributed by atoms with Gasteiger partial charge in [0.05, 0.1) is 0 Å². The van der Waals surface area contributed by atoms with Crippen LogP contribution in [0.15, 0.2) is 35.2 Å². The molecule has 1 radical (unpaired) electrons. The van der Waals surface area contributed by atoms with Gasteiger partial charge in [-0.05, 0) is 19.1 Å². The molecule has 0 heterocycles. The van der Waals surface area contributed by atoms with E-state index < -0.39 is 0 Å². The number of ether oxygens (including phenoxy) is 1. The summed E-state index contributed by atoms with van der Waals surface area (Å²) in [6.45, 7) is 3.22. The van der Waals surface area contributed by atoms with Crippen molar-refractivity contribution < 1.29 is 9.53 Å². The number of hydrogen-bond donors (Lipinski definition) is 0. The summed E-state index contributed by atoms with van der Waals surface area (Å²) in [6.07, 6.45) is 0. The number of rotatable bonds is 4. The van der Waals surface area contributed by atoms with Gasteiger partial charge in [0.15, 0.2) is 0 Å².